The number of nitrogens with one attached hydrogen (secondary N) is 1. The molecule has 138 valence electrons. The van der Waals surface area contributed by atoms with Crippen molar-refractivity contribution >= 4 is 35.3 Å². The average Bonchev–Trinajstić information content (AvgIpc) is 2.97. The van der Waals surface area contributed by atoms with Gasteiger partial charge in [-0.1, -0.05) is 6.07 Å². The van der Waals surface area contributed by atoms with Crippen molar-refractivity contribution < 1.29 is 28.7 Å². The van der Waals surface area contributed by atoms with Crippen LogP contribution in [0.5, 0.6) is 0 Å². The van der Waals surface area contributed by atoms with Crippen molar-refractivity contribution in [3.05, 3.63) is 29.8 Å². The smallest absolute Gasteiger partial charge is 0.338 e. The number of ether oxygens (including phenoxy) is 1. The third-order valence-electron chi connectivity index (χ3n) is 3.80. The number of imide groups is 1. The highest BCUT2D eigenvalue weighted by Crippen LogP contribution is 2.23. The van der Waals surface area contributed by atoms with Crippen LogP contribution in [-0.2, 0) is 23.9 Å². The fraction of sp³-hybridized carbons (Fsp3) is 0.353. The molecule has 9 nitrogen and oxygen atoms in total. The molecule has 2 rings (SSSR count). The van der Waals surface area contributed by atoms with Crippen LogP contribution < -0.4 is 10.2 Å². The molecule has 0 spiro atoms. The zero-order valence-corrected chi connectivity index (χ0v) is 14.5. The highest BCUT2D eigenvalue weighted by atomic mass is 16.5. The van der Waals surface area contributed by atoms with E-state index in [1.807, 2.05) is 0 Å². The van der Waals surface area contributed by atoms with E-state index in [-0.39, 0.29) is 48.4 Å². The molecule has 0 saturated carbocycles. The van der Waals surface area contributed by atoms with Crippen molar-refractivity contribution in [2.24, 2.45) is 0 Å². The van der Waals surface area contributed by atoms with Crippen molar-refractivity contribution in [1.29, 1.82) is 0 Å². The summed E-state index contributed by atoms with van der Waals surface area (Å²) in [6, 6.07) is 5.88. The van der Waals surface area contributed by atoms with Crippen molar-refractivity contribution in [1.82, 2.24) is 10.2 Å². The number of hydrogen-bond donors (Lipinski definition) is 1. The molecule has 0 unspecified atom stereocenters. The molecule has 0 bridgehead atoms. The summed E-state index contributed by atoms with van der Waals surface area (Å²) in [6.45, 7) is -0.681. The second-order valence-corrected chi connectivity index (χ2v) is 5.67. The van der Waals surface area contributed by atoms with E-state index in [1.165, 1.54) is 32.3 Å². The number of carbonyl (C=O) groups is 5. The number of likely N-dealkylation sites (N-methyl/N-ethyl adjacent to an activating group) is 2. The summed E-state index contributed by atoms with van der Waals surface area (Å²) >= 11 is 0. The Morgan fingerprint density at radius 2 is 1.85 bits per heavy atom. The third kappa shape index (κ3) is 4.44. The number of nitrogens with zero attached hydrogens (tertiary/aromatic N) is 2. The van der Waals surface area contributed by atoms with Gasteiger partial charge in [-0.3, -0.25) is 24.1 Å². The Kier molecular flexibility index (Phi) is 6.05. The van der Waals surface area contributed by atoms with Crippen molar-refractivity contribution in [2.75, 3.05) is 32.1 Å². The van der Waals surface area contributed by atoms with E-state index in [1.54, 1.807) is 6.07 Å². The van der Waals surface area contributed by atoms with Gasteiger partial charge in [0.05, 0.1) is 17.8 Å². The molecule has 1 aromatic carbocycles. The lowest BCUT2D eigenvalue weighted by Gasteiger charge is -2.16. The van der Waals surface area contributed by atoms with Crippen LogP contribution in [0.25, 0.3) is 0 Å². The fourth-order valence-electron chi connectivity index (χ4n) is 2.34. The van der Waals surface area contributed by atoms with Gasteiger partial charge in [-0.15, -0.1) is 0 Å². The minimum absolute atomic E-state index is 0.108. The number of rotatable bonds is 6. The Hall–Kier alpha value is -3.23. The minimum atomic E-state index is -0.771. The summed E-state index contributed by atoms with van der Waals surface area (Å²) in [5, 5.41) is 2.38. The highest BCUT2D eigenvalue weighted by Gasteiger charge is 2.30. The van der Waals surface area contributed by atoms with Crippen LogP contribution in [0.3, 0.4) is 0 Å². The molecule has 4 amide bonds. The first-order valence-electron chi connectivity index (χ1n) is 7.91. The van der Waals surface area contributed by atoms with Gasteiger partial charge in [0.1, 0.15) is 0 Å². The van der Waals surface area contributed by atoms with E-state index in [0.29, 0.717) is 0 Å². The maximum atomic E-state index is 12.1. The number of hydrogen-bond acceptors (Lipinski definition) is 6. The van der Waals surface area contributed by atoms with Gasteiger partial charge >= 0.3 is 5.97 Å². The molecular weight excluding hydrogens is 342 g/mol. The molecule has 1 saturated heterocycles. The van der Waals surface area contributed by atoms with E-state index in [2.05, 4.69) is 5.32 Å². The SMILES string of the molecule is CNC(=O)CN(C)C(=O)COC(=O)c1cccc(N2C(=O)CCC2=O)c1. The van der Waals surface area contributed by atoms with Gasteiger partial charge in [-0.05, 0) is 18.2 Å². The predicted molar refractivity (Wildman–Crippen MR) is 90.2 cm³/mol. The number of benzene rings is 1. The Bertz CT molecular complexity index is 745. The summed E-state index contributed by atoms with van der Waals surface area (Å²) in [5.41, 5.74) is 0.395. The summed E-state index contributed by atoms with van der Waals surface area (Å²) in [6.07, 6.45) is 0.277. The molecule has 1 fully saturated rings. The summed E-state index contributed by atoms with van der Waals surface area (Å²) in [5.74, 6) is -2.31. The zero-order valence-electron chi connectivity index (χ0n) is 14.5. The van der Waals surface area contributed by atoms with Crippen molar-refractivity contribution in [3.63, 3.8) is 0 Å². The summed E-state index contributed by atoms with van der Waals surface area (Å²) in [4.78, 5) is 60.9. The van der Waals surface area contributed by atoms with E-state index < -0.39 is 18.5 Å². The summed E-state index contributed by atoms with van der Waals surface area (Å²) < 4.78 is 4.95. The van der Waals surface area contributed by atoms with Crippen LogP contribution in [0, 0.1) is 0 Å². The third-order valence-corrected chi connectivity index (χ3v) is 3.80. The molecule has 0 aromatic heterocycles. The number of anilines is 1. The van der Waals surface area contributed by atoms with E-state index >= 15 is 0 Å². The quantitative estimate of drug-likeness (QED) is 0.550. The standard InChI is InChI=1S/C17H19N3O6/c1-18-13(21)9-19(2)16(24)10-26-17(25)11-4-3-5-12(8-11)20-14(22)6-7-15(20)23/h3-5,8H,6-7,9-10H2,1-2H3,(H,18,21). The average molecular weight is 361 g/mol. The first-order valence-corrected chi connectivity index (χ1v) is 7.91. The lowest BCUT2D eigenvalue weighted by atomic mass is 10.2. The molecule has 1 aliphatic rings. The molecule has 0 aliphatic carbocycles. The number of amides is 4. The van der Waals surface area contributed by atoms with Crippen LogP contribution in [0.1, 0.15) is 23.2 Å². The van der Waals surface area contributed by atoms with Crippen LogP contribution in [0.2, 0.25) is 0 Å². The molecule has 1 aromatic rings. The number of esters is 1. The monoisotopic (exact) mass is 361 g/mol. The lowest BCUT2D eigenvalue weighted by Crippen LogP contribution is -2.39. The van der Waals surface area contributed by atoms with Gasteiger partial charge in [-0.25, -0.2) is 4.79 Å². The van der Waals surface area contributed by atoms with Crippen LogP contribution in [0.15, 0.2) is 24.3 Å². The first-order chi connectivity index (χ1) is 12.3. The Labute approximate surface area is 149 Å². The van der Waals surface area contributed by atoms with Gasteiger partial charge < -0.3 is 15.0 Å². The normalized spacial score (nSPS) is 13.5. The topological polar surface area (TPSA) is 113 Å². The van der Waals surface area contributed by atoms with Gasteiger partial charge in [0.15, 0.2) is 6.61 Å². The van der Waals surface area contributed by atoms with Crippen LogP contribution in [-0.4, -0.2) is 61.7 Å². The molecule has 0 atom stereocenters. The van der Waals surface area contributed by atoms with E-state index in [4.69, 9.17) is 4.74 Å². The van der Waals surface area contributed by atoms with E-state index in [9.17, 15) is 24.0 Å². The molecule has 1 aliphatic heterocycles. The second-order valence-electron chi connectivity index (χ2n) is 5.67. The number of carbonyl (C=O) groups excluding carboxylic acids is 5. The van der Waals surface area contributed by atoms with Gasteiger partial charge in [0.25, 0.3) is 5.91 Å². The molecular formula is C17H19N3O6. The van der Waals surface area contributed by atoms with Gasteiger partial charge in [0.2, 0.25) is 17.7 Å². The van der Waals surface area contributed by atoms with Crippen molar-refractivity contribution in [2.45, 2.75) is 12.8 Å². The predicted octanol–water partition coefficient (Wildman–Crippen LogP) is -0.299. The maximum absolute atomic E-state index is 12.1. The molecule has 1 heterocycles. The fourth-order valence-corrected chi connectivity index (χ4v) is 2.34. The lowest BCUT2D eigenvalue weighted by molar-refractivity contribution is -0.137. The molecule has 1 N–H and O–H groups in total. The first kappa shape index (κ1) is 19.1. The Morgan fingerprint density at radius 3 is 2.46 bits per heavy atom. The maximum Gasteiger partial charge on any atom is 0.338 e. The molecule has 0 radical (unpaired) electrons. The second kappa shape index (κ2) is 8.24. The highest BCUT2D eigenvalue weighted by molar-refractivity contribution is 6.20. The Morgan fingerprint density at radius 1 is 1.19 bits per heavy atom. The Balaban J connectivity index is 1.99. The summed E-state index contributed by atoms with van der Waals surface area (Å²) in [7, 11) is 2.86. The molecule has 9 heteroatoms. The zero-order chi connectivity index (χ0) is 19.3. The largest absolute Gasteiger partial charge is 0.452 e. The van der Waals surface area contributed by atoms with E-state index in [0.717, 1.165) is 9.80 Å². The van der Waals surface area contributed by atoms with Gasteiger partial charge in [-0.2, -0.15) is 0 Å². The van der Waals surface area contributed by atoms with Crippen molar-refractivity contribution in [3.8, 4) is 0 Å². The van der Waals surface area contributed by atoms with Crippen LogP contribution in [0.4, 0.5) is 5.69 Å². The molecule has 26 heavy (non-hydrogen) atoms. The van der Waals surface area contributed by atoms with Crippen LogP contribution >= 0.6 is 0 Å². The minimum Gasteiger partial charge on any atom is -0.452 e. The van der Waals surface area contributed by atoms with Gasteiger partial charge in [0, 0.05) is 26.9 Å².